The highest BCUT2D eigenvalue weighted by Gasteiger charge is 2.24. The van der Waals surface area contributed by atoms with E-state index in [2.05, 4.69) is 20.1 Å². The molecule has 1 saturated heterocycles. The van der Waals surface area contributed by atoms with E-state index >= 15 is 0 Å². The topological polar surface area (TPSA) is 85.8 Å². The highest BCUT2D eigenvalue weighted by atomic mass is 32.2. The van der Waals surface area contributed by atoms with Crippen LogP contribution in [0.3, 0.4) is 0 Å². The zero-order valence-corrected chi connectivity index (χ0v) is 23.2. The quantitative estimate of drug-likeness (QED) is 0.326. The first-order chi connectivity index (χ1) is 18.9. The second-order valence-corrected chi connectivity index (χ2v) is 12.1. The molecule has 204 valence electrons. The SMILES string of the molecule is CCN(c1ccccc1)S(=O)(=O)c1ccc(C(=O)NCCN2CCN(c3nc4c(F)cccc4s3)CC2)cc1. The summed E-state index contributed by atoms with van der Waals surface area (Å²) in [6.07, 6.45) is 0. The lowest BCUT2D eigenvalue weighted by molar-refractivity contribution is 0.0947. The number of anilines is 2. The monoisotopic (exact) mass is 567 g/mol. The molecule has 0 saturated carbocycles. The molecule has 5 rings (SSSR count). The maximum Gasteiger partial charge on any atom is 0.264 e. The van der Waals surface area contributed by atoms with Crippen molar-refractivity contribution in [2.75, 3.05) is 55.0 Å². The predicted octanol–water partition coefficient (Wildman–Crippen LogP) is 4.20. The van der Waals surface area contributed by atoms with Crippen LogP contribution in [0.1, 0.15) is 17.3 Å². The minimum absolute atomic E-state index is 0.137. The molecule has 4 aromatic rings. The minimum atomic E-state index is -3.74. The van der Waals surface area contributed by atoms with Crippen LogP contribution in [-0.4, -0.2) is 70.0 Å². The van der Waals surface area contributed by atoms with Crippen molar-refractivity contribution in [3.05, 3.63) is 84.2 Å². The Hall–Kier alpha value is -3.54. The van der Waals surface area contributed by atoms with Gasteiger partial charge in [-0.3, -0.25) is 14.0 Å². The highest BCUT2D eigenvalue weighted by Crippen LogP contribution is 2.30. The van der Waals surface area contributed by atoms with Crippen LogP contribution in [0.2, 0.25) is 0 Å². The van der Waals surface area contributed by atoms with Crippen molar-refractivity contribution in [1.82, 2.24) is 15.2 Å². The molecule has 1 fully saturated rings. The van der Waals surface area contributed by atoms with E-state index < -0.39 is 10.0 Å². The van der Waals surface area contributed by atoms with Gasteiger partial charge in [0.2, 0.25) is 0 Å². The summed E-state index contributed by atoms with van der Waals surface area (Å²) in [5.74, 6) is -0.541. The molecule has 1 aliphatic heterocycles. The van der Waals surface area contributed by atoms with Crippen molar-refractivity contribution in [2.24, 2.45) is 0 Å². The van der Waals surface area contributed by atoms with Crippen LogP contribution in [-0.2, 0) is 10.0 Å². The fraction of sp³-hybridized carbons (Fsp3) is 0.286. The molecule has 1 aliphatic rings. The molecule has 0 radical (unpaired) electrons. The first-order valence-corrected chi connectivity index (χ1v) is 15.1. The zero-order valence-electron chi connectivity index (χ0n) is 21.6. The van der Waals surface area contributed by atoms with Gasteiger partial charge in [-0.25, -0.2) is 17.8 Å². The average Bonchev–Trinajstić information content (AvgIpc) is 3.40. The number of amides is 1. The number of carbonyl (C=O) groups excluding carboxylic acids is 1. The number of fused-ring (bicyclic) bond motifs is 1. The van der Waals surface area contributed by atoms with Crippen molar-refractivity contribution >= 4 is 48.3 Å². The van der Waals surface area contributed by atoms with Crippen molar-refractivity contribution in [3.8, 4) is 0 Å². The summed E-state index contributed by atoms with van der Waals surface area (Å²) in [6, 6.07) is 20.0. The molecule has 3 aromatic carbocycles. The number of rotatable bonds is 9. The van der Waals surface area contributed by atoms with Gasteiger partial charge in [-0.2, -0.15) is 0 Å². The zero-order chi connectivity index (χ0) is 27.4. The van der Waals surface area contributed by atoms with Crippen LogP contribution in [0.5, 0.6) is 0 Å². The molecule has 11 heteroatoms. The summed E-state index contributed by atoms with van der Waals surface area (Å²) in [5.41, 5.74) is 1.42. The van der Waals surface area contributed by atoms with Gasteiger partial charge in [0.05, 0.1) is 15.3 Å². The van der Waals surface area contributed by atoms with E-state index in [9.17, 15) is 17.6 Å². The van der Waals surface area contributed by atoms with Gasteiger partial charge in [-0.15, -0.1) is 0 Å². The van der Waals surface area contributed by atoms with Crippen molar-refractivity contribution in [1.29, 1.82) is 0 Å². The van der Waals surface area contributed by atoms with Crippen LogP contribution in [0.15, 0.2) is 77.7 Å². The Morgan fingerprint density at radius 3 is 2.38 bits per heavy atom. The van der Waals surface area contributed by atoms with Crippen molar-refractivity contribution in [2.45, 2.75) is 11.8 Å². The molecule has 0 aliphatic carbocycles. The fourth-order valence-corrected chi connectivity index (χ4v) is 7.13. The Balaban J connectivity index is 1.11. The molecule has 0 unspecified atom stereocenters. The van der Waals surface area contributed by atoms with Crippen LogP contribution < -0.4 is 14.5 Å². The number of para-hydroxylation sites is 2. The van der Waals surface area contributed by atoms with Crippen molar-refractivity contribution in [3.63, 3.8) is 0 Å². The van der Waals surface area contributed by atoms with E-state index in [-0.39, 0.29) is 16.6 Å². The third-order valence-electron chi connectivity index (χ3n) is 6.75. The maximum atomic E-state index is 14.0. The van der Waals surface area contributed by atoms with E-state index in [1.165, 1.54) is 33.8 Å². The lowest BCUT2D eigenvalue weighted by Gasteiger charge is -2.34. The number of nitrogens with one attached hydrogen (secondary N) is 1. The van der Waals surface area contributed by atoms with Crippen LogP contribution >= 0.6 is 11.3 Å². The number of benzene rings is 3. The van der Waals surface area contributed by atoms with Crippen LogP contribution in [0.4, 0.5) is 15.2 Å². The van der Waals surface area contributed by atoms with Gasteiger partial charge < -0.3 is 10.2 Å². The number of thiazole rings is 1. The van der Waals surface area contributed by atoms with Gasteiger partial charge in [0.1, 0.15) is 11.3 Å². The molecule has 1 amide bonds. The number of piperazine rings is 1. The molecule has 0 spiro atoms. The van der Waals surface area contributed by atoms with Gasteiger partial charge in [0.15, 0.2) is 5.13 Å². The molecule has 8 nitrogen and oxygen atoms in total. The Bertz CT molecular complexity index is 1540. The first-order valence-electron chi connectivity index (χ1n) is 12.8. The third-order valence-corrected chi connectivity index (χ3v) is 9.75. The van der Waals surface area contributed by atoms with Gasteiger partial charge >= 0.3 is 0 Å². The molecule has 0 atom stereocenters. The van der Waals surface area contributed by atoms with E-state index in [1.807, 2.05) is 12.1 Å². The van der Waals surface area contributed by atoms with Crippen molar-refractivity contribution < 1.29 is 17.6 Å². The Kier molecular flexibility index (Phi) is 8.10. The number of aromatic nitrogens is 1. The molecule has 1 N–H and O–H groups in total. The van der Waals surface area contributed by atoms with Gasteiger partial charge in [-0.1, -0.05) is 35.6 Å². The molecule has 2 heterocycles. The van der Waals surface area contributed by atoms with Gasteiger partial charge in [0.25, 0.3) is 15.9 Å². The molecule has 1 aromatic heterocycles. The van der Waals surface area contributed by atoms with Crippen LogP contribution in [0, 0.1) is 5.82 Å². The summed E-state index contributed by atoms with van der Waals surface area (Å²) in [6.45, 7) is 6.45. The number of hydrogen-bond donors (Lipinski definition) is 1. The predicted molar refractivity (Wildman–Crippen MR) is 154 cm³/mol. The summed E-state index contributed by atoms with van der Waals surface area (Å²) in [7, 11) is -3.74. The number of hydrogen-bond acceptors (Lipinski definition) is 7. The lowest BCUT2D eigenvalue weighted by Crippen LogP contribution is -2.48. The molecular weight excluding hydrogens is 537 g/mol. The number of halogens is 1. The minimum Gasteiger partial charge on any atom is -0.351 e. The summed E-state index contributed by atoms with van der Waals surface area (Å²) in [4.78, 5) is 21.7. The second-order valence-electron chi connectivity index (χ2n) is 9.20. The van der Waals surface area contributed by atoms with E-state index in [1.54, 1.807) is 49.4 Å². The molecule has 39 heavy (non-hydrogen) atoms. The van der Waals surface area contributed by atoms with Gasteiger partial charge in [-0.05, 0) is 55.5 Å². The van der Waals surface area contributed by atoms with Gasteiger partial charge in [0, 0.05) is 51.4 Å². The number of sulfonamides is 1. The second kappa shape index (κ2) is 11.7. The number of carbonyl (C=O) groups is 1. The van der Waals surface area contributed by atoms with E-state index in [0.717, 1.165) is 36.0 Å². The summed E-state index contributed by atoms with van der Waals surface area (Å²) < 4.78 is 42.5. The lowest BCUT2D eigenvalue weighted by atomic mass is 10.2. The third kappa shape index (κ3) is 5.90. The number of nitrogens with zero attached hydrogens (tertiary/aromatic N) is 4. The first kappa shape index (κ1) is 27.0. The van der Waals surface area contributed by atoms with E-state index in [4.69, 9.17) is 0 Å². The average molecular weight is 568 g/mol. The molecule has 0 bridgehead atoms. The maximum absolute atomic E-state index is 14.0. The summed E-state index contributed by atoms with van der Waals surface area (Å²) >= 11 is 1.50. The Morgan fingerprint density at radius 2 is 1.72 bits per heavy atom. The smallest absolute Gasteiger partial charge is 0.264 e. The Labute approximate surface area is 231 Å². The largest absolute Gasteiger partial charge is 0.351 e. The summed E-state index contributed by atoms with van der Waals surface area (Å²) in [5, 5.41) is 3.76. The van der Waals surface area contributed by atoms with Crippen LogP contribution in [0.25, 0.3) is 10.2 Å². The normalized spacial score (nSPS) is 14.5. The molecular formula is C28H30FN5O3S2. The van der Waals surface area contributed by atoms with E-state index in [0.29, 0.717) is 36.4 Å². The highest BCUT2D eigenvalue weighted by molar-refractivity contribution is 7.92. The standard InChI is InChI=1S/C28H30FN5O3S2/c1-2-34(22-7-4-3-5-8-22)39(36,37)23-13-11-21(12-14-23)27(35)30-15-16-32-17-19-33(20-18-32)28-31-26-24(29)9-6-10-25(26)38-28/h3-14H,2,15-20H2,1H3,(H,30,35). The fourth-order valence-electron chi connectivity index (χ4n) is 4.62. The Morgan fingerprint density at radius 1 is 1.00 bits per heavy atom.